The molecular weight excluding hydrogens is 413 g/mol. The number of hydrogen-bond donors (Lipinski definition) is 1. The summed E-state index contributed by atoms with van der Waals surface area (Å²) in [5.74, 6) is -0.651. The highest BCUT2D eigenvalue weighted by Crippen LogP contribution is 2.37. The van der Waals surface area contributed by atoms with Crippen molar-refractivity contribution in [2.24, 2.45) is 0 Å². The van der Waals surface area contributed by atoms with Gasteiger partial charge in [0.05, 0.1) is 24.5 Å². The Morgan fingerprint density at radius 3 is 2.93 bits per heavy atom. The molecule has 1 N–H and O–H groups in total. The predicted molar refractivity (Wildman–Crippen MR) is 101 cm³/mol. The van der Waals surface area contributed by atoms with Gasteiger partial charge < -0.3 is 4.90 Å². The van der Waals surface area contributed by atoms with Crippen LogP contribution in [-0.4, -0.2) is 37.7 Å². The summed E-state index contributed by atoms with van der Waals surface area (Å²) in [6.45, 7) is -0.143. The molecule has 1 aliphatic rings. The first-order valence-corrected chi connectivity index (χ1v) is 9.14. The highest BCUT2D eigenvalue weighted by molar-refractivity contribution is 9.10. The number of benzene rings is 1. The van der Waals surface area contributed by atoms with Crippen LogP contribution in [0.25, 0.3) is 6.08 Å². The van der Waals surface area contributed by atoms with Crippen LogP contribution in [0.15, 0.2) is 59.1 Å². The molecule has 2 aromatic heterocycles. The number of pyridine rings is 1. The van der Waals surface area contributed by atoms with Crippen molar-refractivity contribution in [3.8, 4) is 0 Å². The smallest absolute Gasteiger partial charge is 0.255 e. The number of aromatic nitrogens is 4. The Balaban J connectivity index is 1.66. The zero-order chi connectivity index (χ0) is 18.8. The van der Waals surface area contributed by atoms with Crippen molar-refractivity contribution in [1.29, 1.82) is 0 Å². The number of rotatable bonds is 5. The Morgan fingerprint density at radius 2 is 2.15 bits per heavy atom. The third-order valence-electron chi connectivity index (χ3n) is 4.47. The average Bonchev–Trinajstić information content (AvgIpc) is 3.26. The second-order valence-electron chi connectivity index (χ2n) is 6.16. The number of H-pyrrole nitrogens is 1. The van der Waals surface area contributed by atoms with E-state index >= 15 is 0 Å². The molecule has 0 aliphatic carbocycles. The van der Waals surface area contributed by atoms with Crippen molar-refractivity contribution in [1.82, 2.24) is 25.3 Å². The fraction of sp³-hybridized carbons (Fsp3) is 0.158. The van der Waals surface area contributed by atoms with Crippen LogP contribution in [-0.2, 0) is 6.42 Å². The highest BCUT2D eigenvalue weighted by Gasteiger charge is 2.37. The maximum atomic E-state index is 14.6. The quantitative estimate of drug-likeness (QED) is 0.673. The fourth-order valence-corrected chi connectivity index (χ4v) is 3.67. The molecule has 0 saturated heterocycles. The number of hydrogen-bond acceptors (Lipinski definition) is 4. The van der Waals surface area contributed by atoms with E-state index in [1.165, 1.54) is 17.2 Å². The number of halogens is 2. The van der Waals surface area contributed by atoms with E-state index in [1.54, 1.807) is 12.3 Å². The van der Waals surface area contributed by atoms with Crippen molar-refractivity contribution >= 4 is 27.9 Å². The molecule has 1 unspecified atom stereocenters. The average molecular weight is 428 g/mol. The SMILES string of the molecule is O=C1c2ccccc2C(Cc2ncccc2Br)N1C/C(F)=C/c1cn[nH]n1. The molecule has 0 bridgehead atoms. The van der Waals surface area contributed by atoms with Crippen LogP contribution >= 0.6 is 15.9 Å². The molecule has 8 heteroatoms. The van der Waals surface area contributed by atoms with Crippen LogP contribution in [0.4, 0.5) is 4.39 Å². The molecule has 0 fully saturated rings. The molecule has 27 heavy (non-hydrogen) atoms. The van der Waals surface area contributed by atoms with Gasteiger partial charge in [0.15, 0.2) is 0 Å². The van der Waals surface area contributed by atoms with Gasteiger partial charge in [-0.2, -0.15) is 15.4 Å². The molecule has 3 heterocycles. The minimum absolute atomic E-state index is 0.143. The minimum Gasteiger partial charge on any atom is -0.324 e. The van der Waals surface area contributed by atoms with Crippen LogP contribution in [0.5, 0.6) is 0 Å². The molecule has 0 radical (unpaired) electrons. The van der Waals surface area contributed by atoms with Gasteiger partial charge >= 0.3 is 0 Å². The van der Waals surface area contributed by atoms with E-state index in [4.69, 9.17) is 0 Å². The van der Waals surface area contributed by atoms with Gasteiger partial charge in [-0.1, -0.05) is 18.2 Å². The van der Waals surface area contributed by atoms with Crippen LogP contribution in [0.3, 0.4) is 0 Å². The first kappa shape index (κ1) is 17.5. The first-order valence-electron chi connectivity index (χ1n) is 8.34. The van der Waals surface area contributed by atoms with Gasteiger partial charge in [0.2, 0.25) is 0 Å². The van der Waals surface area contributed by atoms with E-state index in [2.05, 4.69) is 36.3 Å². The standard InChI is InChI=1S/C19H15BrFN5O/c20-16-6-3-7-22-17(16)9-18-14-4-1-2-5-15(14)19(27)26(18)11-12(21)8-13-10-23-25-24-13/h1-8,10,18H,9,11H2,(H,23,24,25)/b12-8-. The van der Waals surface area contributed by atoms with Crippen molar-refractivity contribution in [3.63, 3.8) is 0 Å². The highest BCUT2D eigenvalue weighted by atomic mass is 79.9. The van der Waals surface area contributed by atoms with Gasteiger partial charge in [-0.25, -0.2) is 4.39 Å². The van der Waals surface area contributed by atoms with Crippen LogP contribution in [0.2, 0.25) is 0 Å². The van der Waals surface area contributed by atoms with E-state index in [0.29, 0.717) is 17.7 Å². The van der Waals surface area contributed by atoms with Crippen molar-refractivity contribution in [2.75, 3.05) is 6.54 Å². The molecule has 4 rings (SSSR count). The Bertz CT molecular complexity index is 1000. The zero-order valence-electron chi connectivity index (χ0n) is 14.1. The third kappa shape index (κ3) is 3.52. The molecule has 1 aromatic carbocycles. The zero-order valence-corrected chi connectivity index (χ0v) is 15.7. The van der Waals surface area contributed by atoms with Crippen LogP contribution in [0.1, 0.15) is 33.4 Å². The molecule has 136 valence electrons. The Hall–Kier alpha value is -2.87. The number of aromatic amines is 1. The van der Waals surface area contributed by atoms with Gasteiger partial charge in [-0.3, -0.25) is 9.78 Å². The van der Waals surface area contributed by atoms with E-state index in [-0.39, 0.29) is 18.5 Å². The predicted octanol–water partition coefficient (Wildman–Crippen LogP) is 3.71. The van der Waals surface area contributed by atoms with Crippen molar-refractivity contribution in [3.05, 3.63) is 81.6 Å². The van der Waals surface area contributed by atoms with E-state index in [1.807, 2.05) is 30.3 Å². The van der Waals surface area contributed by atoms with Gasteiger partial charge in [0.25, 0.3) is 5.91 Å². The van der Waals surface area contributed by atoms with Gasteiger partial charge in [-0.15, -0.1) is 0 Å². The summed E-state index contributed by atoms with van der Waals surface area (Å²) in [5.41, 5.74) is 2.68. The molecular formula is C19H15BrFN5O. The van der Waals surface area contributed by atoms with Gasteiger partial charge in [0.1, 0.15) is 11.5 Å². The van der Waals surface area contributed by atoms with E-state index in [9.17, 15) is 9.18 Å². The Morgan fingerprint density at radius 1 is 1.30 bits per heavy atom. The number of fused-ring (bicyclic) bond motifs is 1. The lowest BCUT2D eigenvalue weighted by atomic mass is 10.0. The summed E-state index contributed by atoms with van der Waals surface area (Å²) in [7, 11) is 0. The maximum Gasteiger partial charge on any atom is 0.255 e. The Kier molecular flexibility index (Phi) is 4.81. The maximum absolute atomic E-state index is 14.6. The number of amides is 1. The van der Waals surface area contributed by atoms with Crippen LogP contribution < -0.4 is 0 Å². The largest absolute Gasteiger partial charge is 0.324 e. The van der Waals surface area contributed by atoms with Crippen LogP contribution in [0, 0.1) is 0 Å². The molecule has 3 aromatic rings. The molecule has 1 amide bonds. The normalized spacial score (nSPS) is 16.7. The number of nitrogens with zero attached hydrogens (tertiary/aromatic N) is 4. The second kappa shape index (κ2) is 7.40. The summed E-state index contributed by atoms with van der Waals surface area (Å²) in [6, 6.07) is 10.8. The van der Waals surface area contributed by atoms with E-state index < -0.39 is 5.83 Å². The van der Waals surface area contributed by atoms with Crippen molar-refractivity contribution in [2.45, 2.75) is 12.5 Å². The summed E-state index contributed by atoms with van der Waals surface area (Å²) < 4.78 is 15.4. The number of nitrogens with one attached hydrogen (secondary N) is 1. The monoisotopic (exact) mass is 427 g/mol. The summed E-state index contributed by atoms with van der Waals surface area (Å²) >= 11 is 3.50. The lowest BCUT2D eigenvalue weighted by Gasteiger charge is -2.25. The lowest BCUT2D eigenvalue weighted by molar-refractivity contribution is 0.0732. The molecule has 1 atom stereocenters. The van der Waals surface area contributed by atoms with Gasteiger partial charge in [0, 0.05) is 28.7 Å². The number of carbonyl (C=O) groups excluding carboxylic acids is 1. The molecule has 1 aliphatic heterocycles. The number of carbonyl (C=O) groups is 1. The fourth-order valence-electron chi connectivity index (χ4n) is 3.25. The lowest BCUT2D eigenvalue weighted by Crippen LogP contribution is -2.31. The summed E-state index contributed by atoms with van der Waals surface area (Å²) in [6.07, 6.45) is 4.88. The van der Waals surface area contributed by atoms with Gasteiger partial charge in [-0.05, 0) is 39.7 Å². The van der Waals surface area contributed by atoms with E-state index in [0.717, 1.165) is 15.7 Å². The summed E-state index contributed by atoms with van der Waals surface area (Å²) in [5, 5.41) is 9.90. The first-order chi connectivity index (χ1) is 13.1. The minimum atomic E-state index is -0.463. The molecule has 0 saturated carbocycles. The molecule has 6 nitrogen and oxygen atoms in total. The second-order valence-corrected chi connectivity index (χ2v) is 7.01. The third-order valence-corrected chi connectivity index (χ3v) is 5.19. The molecule has 0 spiro atoms. The van der Waals surface area contributed by atoms with Crippen molar-refractivity contribution < 1.29 is 9.18 Å². The topological polar surface area (TPSA) is 74.8 Å². The summed E-state index contributed by atoms with van der Waals surface area (Å²) in [4.78, 5) is 18.8. The Labute approximate surface area is 163 Å².